The van der Waals surface area contributed by atoms with Gasteiger partial charge in [-0.15, -0.1) is 0 Å². The van der Waals surface area contributed by atoms with Crippen LogP contribution >= 0.6 is 0 Å². The lowest BCUT2D eigenvalue weighted by Crippen LogP contribution is -2.33. The SMILES string of the molecule is C=C(/C=C\C(=C/C)C(C)=O)C(C)=NC=NC.C=C/C=C(\C=C)C(O)(c1ccccc1)C(C)C. The molecule has 4 nitrogen and oxygen atoms in total. The van der Waals surface area contributed by atoms with Crippen LogP contribution < -0.4 is 0 Å². The summed E-state index contributed by atoms with van der Waals surface area (Å²) in [7, 11) is 1.66. The van der Waals surface area contributed by atoms with Crippen molar-refractivity contribution in [3.63, 3.8) is 0 Å². The highest BCUT2D eigenvalue weighted by Crippen LogP contribution is 2.37. The Balaban J connectivity index is 0.000000622. The molecule has 0 aliphatic heterocycles. The summed E-state index contributed by atoms with van der Waals surface area (Å²) >= 11 is 0. The minimum Gasteiger partial charge on any atom is -0.380 e. The Hall–Kier alpha value is -3.37. The van der Waals surface area contributed by atoms with E-state index in [9.17, 15) is 9.90 Å². The van der Waals surface area contributed by atoms with E-state index in [1.807, 2.05) is 58.0 Å². The molecule has 0 amide bonds. The number of hydrogen-bond acceptors (Lipinski definition) is 3. The first-order valence-corrected chi connectivity index (χ1v) is 10.8. The van der Waals surface area contributed by atoms with Crippen molar-refractivity contribution in [3.8, 4) is 0 Å². The molecule has 1 atom stereocenters. The maximum Gasteiger partial charge on any atom is 0.159 e. The van der Waals surface area contributed by atoms with Crippen molar-refractivity contribution in [1.82, 2.24) is 0 Å². The molecule has 1 aromatic rings. The molecule has 0 fully saturated rings. The smallest absolute Gasteiger partial charge is 0.159 e. The summed E-state index contributed by atoms with van der Waals surface area (Å²) in [5.74, 6) is 0.0883. The molecule has 0 aromatic heterocycles. The molecule has 1 rings (SSSR count). The topological polar surface area (TPSA) is 62.0 Å². The molecule has 0 saturated carbocycles. The number of carbonyl (C=O) groups is 1. The Bertz CT molecular complexity index is 961. The summed E-state index contributed by atoms with van der Waals surface area (Å²) in [5.41, 5.74) is 2.84. The minimum absolute atomic E-state index is 0.0382. The van der Waals surface area contributed by atoms with E-state index in [1.165, 1.54) is 13.3 Å². The Kier molecular flexibility index (Phi) is 13.9. The van der Waals surface area contributed by atoms with Gasteiger partial charge in [-0.05, 0) is 43.4 Å². The van der Waals surface area contributed by atoms with Crippen molar-refractivity contribution in [2.75, 3.05) is 7.05 Å². The van der Waals surface area contributed by atoms with E-state index in [0.717, 1.165) is 22.4 Å². The first kappa shape index (κ1) is 29.6. The van der Waals surface area contributed by atoms with Gasteiger partial charge in [0, 0.05) is 18.3 Å². The Morgan fingerprint density at radius 2 is 1.73 bits per heavy atom. The van der Waals surface area contributed by atoms with Gasteiger partial charge in [-0.1, -0.05) is 100 Å². The fourth-order valence-corrected chi connectivity index (χ4v) is 2.96. The van der Waals surface area contributed by atoms with Gasteiger partial charge in [-0.3, -0.25) is 9.79 Å². The third-order valence-electron chi connectivity index (χ3n) is 5.02. The monoisotopic (exact) mass is 446 g/mol. The molecule has 1 aromatic carbocycles. The number of aliphatic imine (C=N–C) groups is 2. The van der Waals surface area contributed by atoms with E-state index >= 15 is 0 Å². The van der Waals surface area contributed by atoms with Gasteiger partial charge in [0.15, 0.2) is 5.78 Å². The van der Waals surface area contributed by atoms with Gasteiger partial charge in [-0.2, -0.15) is 0 Å². The summed E-state index contributed by atoms with van der Waals surface area (Å²) in [6.07, 6.45) is 11.9. The third-order valence-corrected chi connectivity index (χ3v) is 5.02. The molecule has 0 aliphatic carbocycles. The first-order valence-electron chi connectivity index (χ1n) is 10.8. The van der Waals surface area contributed by atoms with Crippen molar-refractivity contribution < 1.29 is 9.90 Å². The molecule has 1 N–H and O–H groups in total. The summed E-state index contributed by atoms with van der Waals surface area (Å²) in [6, 6.07) is 9.66. The molecular formula is C29H38N2O2. The van der Waals surface area contributed by atoms with Crippen LogP contribution in [0.3, 0.4) is 0 Å². The van der Waals surface area contributed by atoms with Crippen molar-refractivity contribution in [3.05, 3.63) is 109 Å². The number of benzene rings is 1. The number of ketones is 1. The van der Waals surface area contributed by atoms with E-state index in [4.69, 9.17) is 0 Å². The molecule has 33 heavy (non-hydrogen) atoms. The zero-order valence-corrected chi connectivity index (χ0v) is 20.9. The highest BCUT2D eigenvalue weighted by atomic mass is 16.3. The molecule has 0 saturated heterocycles. The Morgan fingerprint density at radius 3 is 2.15 bits per heavy atom. The van der Waals surface area contributed by atoms with Crippen LogP contribution in [0.1, 0.15) is 40.2 Å². The van der Waals surface area contributed by atoms with Gasteiger partial charge in [0.05, 0.1) is 0 Å². The van der Waals surface area contributed by atoms with E-state index < -0.39 is 5.60 Å². The van der Waals surface area contributed by atoms with Crippen molar-refractivity contribution in [2.45, 2.75) is 40.2 Å². The number of carbonyl (C=O) groups excluding carboxylic acids is 1. The summed E-state index contributed by atoms with van der Waals surface area (Å²) < 4.78 is 0. The molecule has 1 unspecified atom stereocenters. The maximum atomic E-state index is 11.1. The lowest BCUT2D eigenvalue weighted by Gasteiger charge is -2.34. The standard InChI is InChI=1S/C16H20O.C13H18N2O/c1-5-10-14(6-2)16(17,13(3)4)15-11-8-7-9-12-15;1-6-13(12(4)16)8-7-10(2)11(3)15-9-14-5/h5-13,17H,1-2H2,3-4H3;6-9H,2H2,1,3-5H3/b14-10+;8-7-,13-6+,14-9?,15-11?. The zero-order valence-electron chi connectivity index (χ0n) is 20.9. The van der Waals surface area contributed by atoms with Crippen LogP contribution in [0.15, 0.2) is 113 Å². The van der Waals surface area contributed by atoms with Gasteiger partial charge in [0.2, 0.25) is 0 Å². The zero-order chi connectivity index (χ0) is 25.4. The Labute approximate surface area is 199 Å². The minimum atomic E-state index is -1.02. The summed E-state index contributed by atoms with van der Waals surface area (Å²) in [5, 5.41) is 11.0. The Morgan fingerprint density at radius 1 is 1.12 bits per heavy atom. The van der Waals surface area contributed by atoms with Crippen LogP contribution in [0.4, 0.5) is 0 Å². The van der Waals surface area contributed by atoms with Crippen LogP contribution in [0.25, 0.3) is 0 Å². The lowest BCUT2D eigenvalue weighted by atomic mass is 9.77. The number of aliphatic hydroxyl groups is 1. The largest absolute Gasteiger partial charge is 0.380 e. The molecule has 176 valence electrons. The predicted molar refractivity (Wildman–Crippen MR) is 144 cm³/mol. The average molecular weight is 447 g/mol. The van der Waals surface area contributed by atoms with Gasteiger partial charge in [-0.25, -0.2) is 4.99 Å². The molecule has 4 heteroatoms. The number of Topliss-reactive ketones (excluding diaryl/α,β-unsaturated/α-hetero) is 1. The van der Waals surface area contributed by atoms with Gasteiger partial charge < -0.3 is 5.11 Å². The molecular weight excluding hydrogens is 408 g/mol. The van der Waals surface area contributed by atoms with Gasteiger partial charge >= 0.3 is 0 Å². The van der Waals surface area contributed by atoms with Crippen LogP contribution in [0, 0.1) is 5.92 Å². The molecule has 0 bridgehead atoms. The third kappa shape index (κ3) is 9.34. The second-order valence-electron chi connectivity index (χ2n) is 7.60. The van der Waals surface area contributed by atoms with Gasteiger partial charge in [0.1, 0.15) is 11.9 Å². The quantitative estimate of drug-likeness (QED) is 0.191. The van der Waals surface area contributed by atoms with Crippen LogP contribution in [0.5, 0.6) is 0 Å². The highest BCUT2D eigenvalue weighted by molar-refractivity contribution is 6.04. The van der Waals surface area contributed by atoms with Crippen molar-refractivity contribution in [2.24, 2.45) is 15.9 Å². The normalized spacial score (nSPS) is 14.6. The molecule has 0 heterocycles. The second kappa shape index (κ2) is 15.4. The fourth-order valence-electron chi connectivity index (χ4n) is 2.96. The van der Waals surface area contributed by atoms with Crippen molar-refractivity contribution in [1.29, 1.82) is 0 Å². The average Bonchev–Trinajstić information content (AvgIpc) is 2.81. The molecule has 0 radical (unpaired) electrons. The maximum absolute atomic E-state index is 11.1. The molecule has 0 aliphatic rings. The summed E-state index contributed by atoms with van der Waals surface area (Å²) in [6.45, 7) is 20.5. The van der Waals surface area contributed by atoms with Gasteiger partial charge in [0.25, 0.3) is 0 Å². The van der Waals surface area contributed by atoms with E-state index in [1.54, 1.807) is 43.5 Å². The molecule has 0 spiro atoms. The van der Waals surface area contributed by atoms with Crippen LogP contribution in [0.2, 0.25) is 0 Å². The predicted octanol–water partition coefficient (Wildman–Crippen LogP) is 6.58. The van der Waals surface area contributed by atoms with E-state index in [0.29, 0.717) is 5.57 Å². The number of hydrogen-bond donors (Lipinski definition) is 1. The number of nitrogens with zero attached hydrogens (tertiary/aromatic N) is 2. The lowest BCUT2D eigenvalue weighted by molar-refractivity contribution is -0.113. The van der Waals surface area contributed by atoms with E-state index in [-0.39, 0.29) is 11.7 Å². The van der Waals surface area contributed by atoms with Crippen molar-refractivity contribution >= 4 is 17.8 Å². The number of allylic oxidation sites excluding steroid dienone is 7. The number of rotatable bonds is 10. The highest BCUT2D eigenvalue weighted by Gasteiger charge is 2.35. The summed E-state index contributed by atoms with van der Waals surface area (Å²) in [4.78, 5) is 18.9. The van der Waals surface area contributed by atoms with E-state index in [2.05, 4.69) is 29.7 Å². The van der Waals surface area contributed by atoms with Crippen LogP contribution in [-0.2, 0) is 10.4 Å². The van der Waals surface area contributed by atoms with Crippen LogP contribution in [-0.4, -0.2) is 30.0 Å². The fraction of sp³-hybridized carbons (Fsp3) is 0.276. The second-order valence-corrected chi connectivity index (χ2v) is 7.60. The first-order chi connectivity index (χ1) is 15.6.